The summed E-state index contributed by atoms with van der Waals surface area (Å²) in [5.74, 6) is 0. The van der Waals surface area contributed by atoms with Crippen molar-refractivity contribution in [3.63, 3.8) is 0 Å². The minimum Gasteiger partial charge on any atom is -0.273 e. The summed E-state index contributed by atoms with van der Waals surface area (Å²) in [6.07, 6.45) is 0. The fourth-order valence-corrected chi connectivity index (χ4v) is 2.46. The van der Waals surface area contributed by atoms with Crippen LogP contribution in [0.5, 0.6) is 0 Å². The van der Waals surface area contributed by atoms with Gasteiger partial charge in [0.05, 0.1) is 21.6 Å². The molecule has 0 fully saturated rings. The van der Waals surface area contributed by atoms with E-state index in [4.69, 9.17) is 11.6 Å². The van der Waals surface area contributed by atoms with Crippen molar-refractivity contribution in [1.29, 1.82) is 0 Å². The Morgan fingerprint density at radius 3 is 2.45 bits per heavy atom. The van der Waals surface area contributed by atoms with Gasteiger partial charge in [-0.25, -0.2) is 4.79 Å². The number of halogens is 1. The van der Waals surface area contributed by atoms with Gasteiger partial charge >= 0.3 is 5.69 Å². The zero-order valence-electron chi connectivity index (χ0n) is 10.7. The summed E-state index contributed by atoms with van der Waals surface area (Å²) in [5.41, 5.74) is 0.979. The lowest BCUT2D eigenvalue weighted by molar-refractivity contribution is 0.942. The van der Waals surface area contributed by atoms with E-state index < -0.39 is 11.2 Å². The second-order valence-electron chi connectivity index (χ2n) is 4.52. The van der Waals surface area contributed by atoms with Gasteiger partial charge in [0.25, 0.3) is 5.56 Å². The highest BCUT2D eigenvalue weighted by atomic mass is 35.5. The summed E-state index contributed by atoms with van der Waals surface area (Å²) in [6.45, 7) is 1.84. The first kappa shape index (κ1) is 12.7. The molecule has 4 nitrogen and oxygen atoms in total. The van der Waals surface area contributed by atoms with Crippen LogP contribution in [0.2, 0.25) is 5.02 Å². The van der Waals surface area contributed by atoms with Gasteiger partial charge in [0.1, 0.15) is 0 Å². The van der Waals surface area contributed by atoms with Crippen molar-refractivity contribution in [2.75, 3.05) is 0 Å². The molecule has 2 aromatic carbocycles. The molecule has 1 heterocycles. The van der Waals surface area contributed by atoms with Crippen LogP contribution in [0.25, 0.3) is 16.6 Å². The lowest BCUT2D eigenvalue weighted by Gasteiger charge is -2.12. The van der Waals surface area contributed by atoms with Gasteiger partial charge in [-0.05, 0) is 30.7 Å². The van der Waals surface area contributed by atoms with Gasteiger partial charge in [-0.3, -0.25) is 14.3 Å². The van der Waals surface area contributed by atoms with E-state index >= 15 is 0 Å². The number of para-hydroxylation sites is 1. The summed E-state index contributed by atoms with van der Waals surface area (Å²) in [6, 6.07) is 12.5. The predicted molar refractivity (Wildman–Crippen MR) is 79.9 cm³/mol. The van der Waals surface area contributed by atoms with Crippen molar-refractivity contribution in [2.24, 2.45) is 0 Å². The molecule has 3 aromatic rings. The fraction of sp³-hybridized carbons (Fsp3) is 0.0667. The lowest BCUT2D eigenvalue weighted by atomic mass is 10.1. The van der Waals surface area contributed by atoms with Crippen molar-refractivity contribution in [3.8, 4) is 5.69 Å². The molecule has 0 saturated heterocycles. The van der Waals surface area contributed by atoms with Gasteiger partial charge in [-0.1, -0.05) is 35.9 Å². The van der Waals surface area contributed by atoms with Crippen molar-refractivity contribution in [3.05, 3.63) is 73.9 Å². The molecule has 0 aliphatic heterocycles. The molecule has 0 atom stereocenters. The molecule has 100 valence electrons. The number of hydrogen-bond donors (Lipinski definition) is 1. The summed E-state index contributed by atoms with van der Waals surface area (Å²) in [4.78, 5) is 26.4. The number of rotatable bonds is 1. The number of hydrogen-bond acceptors (Lipinski definition) is 2. The van der Waals surface area contributed by atoms with Crippen molar-refractivity contribution in [1.82, 2.24) is 9.55 Å². The lowest BCUT2D eigenvalue weighted by Crippen LogP contribution is -2.29. The van der Waals surface area contributed by atoms with Crippen LogP contribution in [0.15, 0.2) is 52.1 Å². The molecular formula is C15H11ClN2O2. The number of aryl methyl sites for hydroxylation is 1. The maximum atomic E-state index is 12.2. The van der Waals surface area contributed by atoms with Crippen molar-refractivity contribution >= 4 is 22.5 Å². The Labute approximate surface area is 119 Å². The summed E-state index contributed by atoms with van der Waals surface area (Å²) >= 11 is 6.31. The van der Waals surface area contributed by atoms with Gasteiger partial charge in [0.2, 0.25) is 0 Å². The standard InChI is InChI=1S/C15H11ClN2O2/c1-9-7-8-11-13(12(9)16)18(15(20)17-14(11)19)10-5-3-2-4-6-10/h2-8H,1H3,(H,17,19,20). The van der Waals surface area contributed by atoms with Crippen LogP contribution < -0.4 is 11.2 Å². The average molecular weight is 287 g/mol. The van der Waals surface area contributed by atoms with E-state index in [-0.39, 0.29) is 0 Å². The molecule has 3 rings (SSSR count). The Morgan fingerprint density at radius 1 is 1.05 bits per heavy atom. The molecule has 1 N–H and O–H groups in total. The number of fused-ring (bicyclic) bond motifs is 1. The van der Waals surface area contributed by atoms with Crippen LogP contribution in [0, 0.1) is 6.92 Å². The normalized spacial score (nSPS) is 10.9. The van der Waals surface area contributed by atoms with Gasteiger partial charge in [-0.15, -0.1) is 0 Å². The highest BCUT2D eigenvalue weighted by Crippen LogP contribution is 2.25. The first-order valence-electron chi connectivity index (χ1n) is 6.09. The minimum atomic E-state index is -0.499. The van der Waals surface area contributed by atoms with Crippen LogP contribution in [0.4, 0.5) is 0 Å². The zero-order valence-corrected chi connectivity index (χ0v) is 11.4. The number of aromatic nitrogens is 2. The number of H-pyrrole nitrogens is 1. The first-order valence-corrected chi connectivity index (χ1v) is 6.47. The van der Waals surface area contributed by atoms with E-state index in [1.165, 1.54) is 4.57 Å². The average Bonchev–Trinajstić information content (AvgIpc) is 2.44. The molecule has 0 radical (unpaired) electrons. The van der Waals surface area contributed by atoms with E-state index in [1.807, 2.05) is 25.1 Å². The Hall–Kier alpha value is -2.33. The quantitative estimate of drug-likeness (QED) is 0.748. The Morgan fingerprint density at radius 2 is 1.75 bits per heavy atom. The number of aromatic amines is 1. The highest BCUT2D eigenvalue weighted by molar-refractivity contribution is 6.35. The number of nitrogens with zero attached hydrogens (tertiary/aromatic N) is 1. The molecule has 0 spiro atoms. The van der Waals surface area contributed by atoms with Gasteiger partial charge < -0.3 is 0 Å². The molecule has 0 unspecified atom stereocenters. The van der Waals surface area contributed by atoms with Crippen LogP contribution >= 0.6 is 11.6 Å². The third kappa shape index (κ3) is 1.85. The van der Waals surface area contributed by atoms with Gasteiger partial charge in [0, 0.05) is 0 Å². The second-order valence-corrected chi connectivity index (χ2v) is 4.90. The fourth-order valence-electron chi connectivity index (χ4n) is 2.21. The van der Waals surface area contributed by atoms with Gasteiger partial charge in [0.15, 0.2) is 0 Å². The maximum Gasteiger partial charge on any atom is 0.333 e. The van der Waals surface area contributed by atoms with Crippen molar-refractivity contribution < 1.29 is 0 Å². The zero-order chi connectivity index (χ0) is 14.3. The molecule has 0 bridgehead atoms. The van der Waals surface area contributed by atoms with E-state index in [2.05, 4.69) is 4.98 Å². The third-order valence-electron chi connectivity index (χ3n) is 3.22. The topological polar surface area (TPSA) is 54.9 Å². The molecule has 0 amide bonds. The van der Waals surface area contributed by atoms with Crippen LogP contribution in [-0.2, 0) is 0 Å². The van der Waals surface area contributed by atoms with Crippen LogP contribution in [0.3, 0.4) is 0 Å². The predicted octanol–water partition coefficient (Wildman–Crippen LogP) is 2.64. The molecule has 1 aromatic heterocycles. The third-order valence-corrected chi connectivity index (χ3v) is 3.69. The molecular weight excluding hydrogens is 276 g/mol. The molecule has 5 heteroatoms. The smallest absolute Gasteiger partial charge is 0.273 e. The molecule has 0 saturated carbocycles. The SMILES string of the molecule is Cc1ccc2c(=O)[nH]c(=O)n(-c3ccccc3)c2c1Cl. The molecule has 0 aliphatic rings. The Balaban J connectivity index is 2.58. The number of benzene rings is 2. The summed E-state index contributed by atoms with van der Waals surface area (Å²) in [5, 5.41) is 0.804. The van der Waals surface area contributed by atoms with Crippen molar-refractivity contribution in [2.45, 2.75) is 6.92 Å². The Bertz CT molecular complexity index is 911. The molecule has 0 aliphatic carbocycles. The van der Waals surface area contributed by atoms with E-state index in [9.17, 15) is 9.59 Å². The Kier molecular flexibility index (Phi) is 2.95. The minimum absolute atomic E-state index is 0.393. The van der Waals surface area contributed by atoms with E-state index in [0.717, 1.165) is 5.56 Å². The number of nitrogens with one attached hydrogen (secondary N) is 1. The first-order chi connectivity index (χ1) is 9.59. The van der Waals surface area contributed by atoms with Gasteiger partial charge in [-0.2, -0.15) is 0 Å². The largest absolute Gasteiger partial charge is 0.333 e. The summed E-state index contributed by atoms with van der Waals surface area (Å²) < 4.78 is 1.42. The maximum absolute atomic E-state index is 12.2. The van der Waals surface area contributed by atoms with Crippen LogP contribution in [0.1, 0.15) is 5.56 Å². The highest BCUT2D eigenvalue weighted by Gasteiger charge is 2.13. The van der Waals surface area contributed by atoms with E-state index in [1.54, 1.807) is 24.3 Å². The monoisotopic (exact) mass is 286 g/mol. The summed E-state index contributed by atoms with van der Waals surface area (Å²) in [7, 11) is 0. The second kappa shape index (κ2) is 4.65. The van der Waals surface area contributed by atoms with E-state index in [0.29, 0.717) is 21.6 Å². The van der Waals surface area contributed by atoms with Crippen LogP contribution in [-0.4, -0.2) is 9.55 Å². The molecule has 20 heavy (non-hydrogen) atoms.